The van der Waals surface area contributed by atoms with E-state index in [2.05, 4.69) is 27.8 Å². The van der Waals surface area contributed by atoms with Gasteiger partial charge in [0.1, 0.15) is 0 Å². The van der Waals surface area contributed by atoms with Crippen LogP contribution in [-0.2, 0) is 9.47 Å². The lowest BCUT2D eigenvalue weighted by Crippen LogP contribution is -2.22. The average molecular weight is 331 g/mol. The van der Waals surface area contributed by atoms with E-state index in [9.17, 15) is 0 Å². The van der Waals surface area contributed by atoms with Gasteiger partial charge < -0.3 is 9.47 Å². The highest BCUT2D eigenvalue weighted by Gasteiger charge is 2.13. The largest absolute Gasteiger partial charge is 0.353 e. The number of rotatable bonds is 9. The molecule has 0 bridgehead atoms. The van der Waals surface area contributed by atoms with Crippen LogP contribution in [0.5, 0.6) is 0 Å². The molecule has 1 heterocycles. The number of ether oxygens (including phenoxy) is 2. The third kappa shape index (κ3) is 10.4. The van der Waals surface area contributed by atoms with Gasteiger partial charge in [-0.15, -0.1) is 5.92 Å². The molecule has 1 unspecified atom stereocenters. The molecule has 1 aliphatic heterocycles. The van der Waals surface area contributed by atoms with Gasteiger partial charge >= 0.3 is 0 Å². The topological polar surface area (TPSA) is 18.5 Å². The summed E-state index contributed by atoms with van der Waals surface area (Å²) >= 11 is 3.30. The Hall–Kier alpha value is -0.0400. The van der Waals surface area contributed by atoms with E-state index in [0.717, 1.165) is 31.4 Å². The maximum Gasteiger partial charge on any atom is 0.157 e. The van der Waals surface area contributed by atoms with E-state index in [1.807, 2.05) is 0 Å². The van der Waals surface area contributed by atoms with Crippen molar-refractivity contribution in [2.24, 2.45) is 0 Å². The van der Waals surface area contributed by atoms with Gasteiger partial charge in [0, 0.05) is 19.6 Å². The molecule has 1 rings (SSSR count). The summed E-state index contributed by atoms with van der Waals surface area (Å²) in [6, 6.07) is 0. The van der Waals surface area contributed by atoms with Gasteiger partial charge in [0.15, 0.2) is 6.29 Å². The molecule has 1 fully saturated rings. The highest BCUT2D eigenvalue weighted by molar-refractivity contribution is 9.09. The Labute approximate surface area is 126 Å². The number of unbranched alkanes of at least 4 members (excludes halogenated alkanes) is 6. The van der Waals surface area contributed by atoms with Crippen molar-refractivity contribution in [1.82, 2.24) is 0 Å². The lowest BCUT2D eigenvalue weighted by Gasteiger charge is -2.22. The Kier molecular flexibility index (Phi) is 11.6. The third-order valence-corrected chi connectivity index (χ3v) is 3.61. The van der Waals surface area contributed by atoms with Crippen LogP contribution in [-0.4, -0.2) is 24.8 Å². The molecule has 2 nitrogen and oxygen atoms in total. The van der Waals surface area contributed by atoms with Gasteiger partial charge in [-0.2, -0.15) is 0 Å². The first-order valence-electron chi connectivity index (χ1n) is 7.68. The van der Waals surface area contributed by atoms with Gasteiger partial charge in [0.2, 0.25) is 0 Å². The smallest absolute Gasteiger partial charge is 0.157 e. The molecule has 3 heteroatoms. The van der Waals surface area contributed by atoms with Crippen LogP contribution in [0.2, 0.25) is 0 Å². The second-order valence-electron chi connectivity index (χ2n) is 5.03. The highest BCUT2D eigenvalue weighted by atomic mass is 79.9. The van der Waals surface area contributed by atoms with Crippen LogP contribution in [0.25, 0.3) is 0 Å². The van der Waals surface area contributed by atoms with Crippen molar-refractivity contribution in [1.29, 1.82) is 0 Å². The summed E-state index contributed by atoms with van der Waals surface area (Å²) in [6.07, 6.45) is 12.3. The van der Waals surface area contributed by atoms with Crippen molar-refractivity contribution in [3.05, 3.63) is 0 Å². The van der Waals surface area contributed by atoms with E-state index < -0.39 is 0 Å². The second kappa shape index (κ2) is 13.0. The molecule has 1 saturated heterocycles. The summed E-state index contributed by atoms with van der Waals surface area (Å²) in [5.41, 5.74) is 0. The van der Waals surface area contributed by atoms with Crippen LogP contribution >= 0.6 is 15.9 Å². The molecule has 0 spiro atoms. The number of alkyl halides is 1. The predicted octanol–water partition coefficient (Wildman–Crippen LogP) is 4.66. The van der Waals surface area contributed by atoms with Crippen molar-refractivity contribution < 1.29 is 9.47 Å². The van der Waals surface area contributed by atoms with Crippen molar-refractivity contribution in [3.63, 3.8) is 0 Å². The maximum absolute atomic E-state index is 5.71. The van der Waals surface area contributed by atoms with Crippen LogP contribution in [0, 0.1) is 11.8 Å². The summed E-state index contributed by atoms with van der Waals surface area (Å²) in [5, 5.41) is 0.803. The Morgan fingerprint density at radius 3 is 2.53 bits per heavy atom. The van der Waals surface area contributed by atoms with E-state index in [-0.39, 0.29) is 6.29 Å². The zero-order chi connectivity index (χ0) is 13.6. The molecule has 0 aliphatic carbocycles. The normalized spacial score (nSPS) is 18.9. The van der Waals surface area contributed by atoms with Gasteiger partial charge in [-0.1, -0.05) is 47.5 Å². The number of hydrogen-bond acceptors (Lipinski definition) is 2. The maximum atomic E-state index is 5.71. The van der Waals surface area contributed by atoms with Gasteiger partial charge in [0.25, 0.3) is 0 Å². The highest BCUT2D eigenvalue weighted by Crippen LogP contribution is 2.14. The standard InChI is InChI=1S/C16H27BrO2/c17-13-9-6-4-2-1-3-5-7-10-14-18-16-12-8-11-15-19-16/h16H,1-5,7-8,10-15H2. The minimum absolute atomic E-state index is 0.0850. The SMILES string of the molecule is BrCC#CCCCCCCCCOC1CCCCO1. The fourth-order valence-electron chi connectivity index (χ4n) is 2.22. The molecule has 0 N–H and O–H groups in total. The molecular formula is C16H27BrO2. The summed E-state index contributed by atoms with van der Waals surface area (Å²) in [5.74, 6) is 6.19. The van der Waals surface area contributed by atoms with E-state index in [0.29, 0.717) is 0 Å². The summed E-state index contributed by atoms with van der Waals surface area (Å²) in [7, 11) is 0. The lowest BCUT2D eigenvalue weighted by atomic mass is 10.1. The van der Waals surface area contributed by atoms with Gasteiger partial charge in [-0.05, 0) is 32.1 Å². The summed E-state index contributed by atoms with van der Waals surface area (Å²) in [6.45, 7) is 1.74. The van der Waals surface area contributed by atoms with E-state index in [1.54, 1.807) is 0 Å². The minimum Gasteiger partial charge on any atom is -0.353 e. The Morgan fingerprint density at radius 2 is 1.79 bits per heavy atom. The first-order chi connectivity index (χ1) is 9.43. The zero-order valence-electron chi connectivity index (χ0n) is 12.0. The zero-order valence-corrected chi connectivity index (χ0v) is 13.6. The van der Waals surface area contributed by atoms with Crippen molar-refractivity contribution in [2.45, 2.75) is 70.5 Å². The second-order valence-corrected chi connectivity index (χ2v) is 5.59. The predicted molar refractivity (Wildman–Crippen MR) is 83.4 cm³/mol. The third-order valence-electron chi connectivity index (χ3n) is 3.33. The van der Waals surface area contributed by atoms with Crippen LogP contribution in [0.4, 0.5) is 0 Å². The van der Waals surface area contributed by atoms with Crippen molar-refractivity contribution >= 4 is 15.9 Å². The van der Waals surface area contributed by atoms with Crippen LogP contribution < -0.4 is 0 Å². The van der Waals surface area contributed by atoms with Crippen LogP contribution in [0.15, 0.2) is 0 Å². The fraction of sp³-hybridized carbons (Fsp3) is 0.875. The quantitative estimate of drug-likeness (QED) is 0.348. The molecule has 0 amide bonds. The first kappa shape index (κ1) is 17.0. The minimum atomic E-state index is 0.0850. The molecule has 1 atom stereocenters. The fourth-order valence-corrected chi connectivity index (χ4v) is 2.41. The summed E-state index contributed by atoms with van der Waals surface area (Å²) in [4.78, 5) is 0. The molecule has 110 valence electrons. The molecule has 0 aromatic heterocycles. The monoisotopic (exact) mass is 330 g/mol. The Bertz CT molecular complexity index is 251. The molecular weight excluding hydrogens is 304 g/mol. The Morgan fingerprint density at radius 1 is 1.00 bits per heavy atom. The average Bonchev–Trinajstić information content (AvgIpc) is 2.46. The van der Waals surface area contributed by atoms with Crippen molar-refractivity contribution in [3.8, 4) is 11.8 Å². The molecule has 0 aromatic rings. The Balaban J connectivity index is 1.76. The van der Waals surface area contributed by atoms with Crippen LogP contribution in [0.3, 0.4) is 0 Å². The van der Waals surface area contributed by atoms with Gasteiger partial charge in [-0.3, -0.25) is 0 Å². The first-order valence-corrected chi connectivity index (χ1v) is 8.80. The molecule has 0 aromatic carbocycles. The van der Waals surface area contributed by atoms with Gasteiger partial charge in [-0.25, -0.2) is 0 Å². The van der Waals surface area contributed by atoms with Gasteiger partial charge in [0.05, 0.1) is 5.33 Å². The van der Waals surface area contributed by atoms with E-state index in [1.165, 1.54) is 51.4 Å². The molecule has 19 heavy (non-hydrogen) atoms. The lowest BCUT2D eigenvalue weighted by molar-refractivity contribution is -0.162. The molecule has 1 aliphatic rings. The molecule has 0 saturated carbocycles. The number of halogens is 1. The van der Waals surface area contributed by atoms with E-state index >= 15 is 0 Å². The van der Waals surface area contributed by atoms with Crippen LogP contribution in [0.1, 0.15) is 64.2 Å². The van der Waals surface area contributed by atoms with E-state index in [4.69, 9.17) is 9.47 Å². The number of hydrogen-bond donors (Lipinski definition) is 0. The van der Waals surface area contributed by atoms with Crippen molar-refractivity contribution in [2.75, 3.05) is 18.5 Å². The molecule has 0 radical (unpaired) electrons. The summed E-state index contributed by atoms with van der Waals surface area (Å²) < 4.78 is 11.2.